The van der Waals surface area contributed by atoms with Crippen molar-refractivity contribution in [1.29, 1.82) is 0 Å². The lowest BCUT2D eigenvalue weighted by atomic mass is 10.1. The van der Waals surface area contributed by atoms with Gasteiger partial charge in [-0.2, -0.15) is 0 Å². The lowest BCUT2D eigenvalue weighted by molar-refractivity contribution is -0.896. The van der Waals surface area contributed by atoms with Gasteiger partial charge in [-0.15, -0.1) is 10.2 Å². The summed E-state index contributed by atoms with van der Waals surface area (Å²) in [5.74, 6) is 0.678. The molecule has 1 fully saturated rings. The predicted molar refractivity (Wildman–Crippen MR) is 115 cm³/mol. The number of halogens is 1. The lowest BCUT2D eigenvalue weighted by Crippen LogP contribution is -3.15. The van der Waals surface area contributed by atoms with Crippen LogP contribution in [0.1, 0.15) is 18.4 Å². The first kappa shape index (κ1) is 21.1. The SMILES string of the molecule is CCc1ccccc1NC(=O)C[NH+]1CCN(Cc2nnc(-c3ccc(F)cc3)o2)CC1. The molecule has 1 aromatic heterocycles. The number of amides is 1. The number of carbonyl (C=O) groups excluding carboxylic acids is 1. The van der Waals surface area contributed by atoms with Crippen molar-refractivity contribution >= 4 is 11.6 Å². The molecule has 1 saturated heterocycles. The van der Waals surface area contributed by atoms with Crippen LogP contribution in [0.15, 0.2) is 52.9 Å². The third-order valence-electron chi connectivity index (χ3n) is 5.56. The quantitative estimate of drug-likeness (QED) is 0.605. The van der Waals surface area contributed by atoms with E-state index in [1.807, 2.05) is 24.3 Å². The highest BCUT2D eigenvalue weighted by Crippen LogP contribution is 2.19. The van der Waals surface area contributed by atoms with E-state index in [2.05, 4.69) is 27.3 Å². The summed E-state index contributed by atoms with van der Waals surface area (Å²) in [5.41, 5.74) is 2.75. The first-order valence-corrected chi connectivity index (χ1v) is 10.6. The molecule has 1 aliphatic heterocycles. The van der Waals surface area contributed by atoms with E-state index in [4.69, 9.17) is 4.42 Å². The summed E-state index contributed by atoms with van der Waals surface area (Å²) in [5, 5.41) is 11.2. The second-order valence-electron chi connectivity index (χ2n) is 7.77. The van der Waals surface area contributed by atoms with Crippen LogP contribution >= 0.6 is 0 Å². The number of nitrogens with one attached hydrogen (secondary N) is 2. The van der Waals surface area contributed by atoms with Gasteiger partial charge in [0, 0.05) is 24.3 Å². The van der Waals surface area contributed by atoms with E-state index in [9.17, 15) is 9.18 Å². The van der Waals surface area contributed by atoms with Crippen LogP contribution in [0.3, 0.4) is 0 Å². The summed E-state index contributed by atoms with van der Waals surface area (Å²) < 4.78 is 18.8. The molecule has 0 radical (unpaired) electrons. The van der Waals surface area contributed by atoms with Gasteiger partial charge < -0.3 is 14.6 Å². The summed E-state index contributed by atoms with van der Waals surface area (Å²) in [6.45, 7) is 6.56. The zero-order chi connectivity index (χ0) is 21.6. The molecule has 2 aromatic carbocycles. The Morgan fingerprint density at radius 1 is 1.13 bits per heavy atom. The van der Waals surface area contributed by atoms with E-state index >= 15 is 0 Å². The number of hydrogen-bond acceptors (Lipinski definition) is 5. The summed E-state index contributed by atoms with van der Waals surface area (Å²) in [4.78, 5) is 16.0. The number of hydrogen-bond donors (Lipinski definition) is 2. The van der Waals surface area contributed by atoms with Crippen LogP contribution in [-0.2, 0) is 17.8 Å². The molecule has 0 bridgehead atoms. The Bertz CT molecular complexity index is 1010. The van der Waals surface area contributed by atoms with Crippen LogP contribution < -0.4 is 10.2 Å². The monoisotopic (exact) mass is 424 g/mol. The van der Waals surface area contributed by atoms with Crippen molar-refractivity contribution in [3.05, 3.63) is 65.8 Å². The predicted octanol–water partition coefficient (Wildman–Crippen LogP) is 1.78. The topological polar surface area (TPSA) is 75.7 Å². The molecule has 0 saturated carbocycles. The molecular weight excluding hydrogens is 397 g/mol. The number of rotatable bonds is 7. The number of aromatic nitrogens is 2. The fourth-order valence-electron chi connectivity index (χ4n) is 3.79. The van der Waals surface area contributed by atoms with Crippen LogP contribution in [0, 0.1) is 5.82 Å². The van der Waals surface area contributed by atoms with E-state index in [-0.39, 0.29) is 11.7 Å². The Labute approximate surface area is 180 Å². The van der Waals surface area contributed by atoms with Crippen LogP contribution in [0.25, 0.3) is 11.5 Å². The van der Waals surface area contributed by atoms with E-state index < -0.39 is 0 Å². The molecule has 0 spiro atoms. The molecule has 1 aliphatic rings. The summed E-state index contributed by atoms with van der Waals surface area (Å²) in [6.07, 6.45) is 0.889. The number of carbonyl (C=O) groups is 1. The van der Waals surface area contributed by atoms with Crippen molar-refractivity contribution in [3.8, 4) is 11.5 Å². The Hall–Kier alpha value is -3.10. The first-order valence-electron chi connectivity index (χ1n) is 10.6. The normalized spacial score (nSPS) is 15.2. The molecule has 8 heteroatoms. The molecule has 162 valence electrons. The maximum absolute atomic E-state index is 13.1. The maximum atomic E-state index is 13.1. The fraction of sp³-hybridized carbons (Fsp3) is 0.348. The fourth-order valence-corrected chi connectivity index (χ4v) is 3.79. The average Bonchev–Trinajstić information content (AvgIpc) is 3.24. The van der Waals surface area contributed by atoms with Gasteiger partial charge in [-0.3, -0.25) is 9.69 Å². The minimum atomic E-state index is -0.299. The number of anilines is 1. The smallest absolute Gasteiger partial charge is 0.279 e. The highest BCUT2D eigenvalue weighted by molar-refractivity contribution is 5.92. The molecule has 2 N–H and O–H groups in total. The van der Waals surface area contributed by atoms with Crippen LogP contribution in [0.2, 0.25) is 0 Å². The van der Waals surface area contributed by atoms with E-state index in [0.717, 1.165) is 43.9 Å². The molecule has 1 amide bonds. The van der Waals surface area contributed by atoms with Gasteiger partial charge in [-0.1, -0.05) is 25.1 Å². The highest BCUT2D eigenvalue weighted by atomic mass is 19.1. The highest BCUT2D eigenvalue weighted by Gasteiger charge is 2.24. The minimum absolute atomic E-state index is 0.0465. The molecule has 2 heterocycles. The van der Waals surface area contributed by atoms with Crippen molar-refractivity contribution in [1.82, 2.24) is 15.1 Å². The van der Waals surface area contributed by atoms with E-state index in [1.54, 1.807) is 12.1 Å². The van der Waals surface area contributed by atoms with Gasteiger partial charge in [0.15, 0.2) is 6.54 Å². The molecular formula is C23H27FN5O2+. The van der Waals surface area contributed by atoms with Gasteiger partial charge >= 0.3 is 0 Å². The molecule has 0 unspecified atom stereocenters. The number of benzene rings is 2. The Morgan fingerprint density at radius 2 is 1.87 bits per heavy atom. The largest absolute Gasteiger partial charge is 0.419 e. The van der Waals surface area contributed by atoms with Gasteiger partial charge in [0.2, 0.25) is 11.8 Å². The van der Waals surface area contributed by atoms with Gasteiger partial charge in [0.25, 0.3) is 5.91 Å². The minimum Gasteiger partial charge on any atom is -0.419 e. The number of para-hydroxylation sites is 1. The summed E-state index contributed by atoms with van der Waals surface area (Å²) in [7, 11) is 0. The maximum Gasteiger partial charge on any atom is 0.279 e. The van der Waals surface area contributed by atoms with Crippen LogP contribution in [0.4, 0.5) is 10.1 Å². The standard InChI is InChI=1S/C23H26FN5O2/c1-2-17-5-3-4-6-20(17)25-21(30)15-28-11-13-29(14-12-28)16-22-26-27-23(31-22)18-7-9-19(24)10-8-18/h3-10H,2,11-16H2,1H3,(H,25,30)/p+1. The zero-order valence-electron chi connectivity index (χ0n) is 17.6. The number of piperazine rings is 1. The third-order valence-corrected chi connectivity index (χ3v) is 5.56. The second kappa shape index (κ2) is 9.80. The molecule has 4 rings (SSSR count). The van der Waals surface area contributed by atoms with Gasteiger partial charge in [-0.05, 0) is 42.3 Å². The van der Waals surface area contributed by atoms with E-state index in [1.165, 1.54) is 17.0 Å². The Balaban J connectivity index is 1.24. The van der Waals surface area contributed by atoms with Gasteiger partial charge in [0.05, 0.1) is 19.6 Å². The summed E-state index contributed by atoms with van der Waals surface area (Å²) >= 11 is 0. The molecule has 7 nitrogen and oxygen atoms in total. The summed E-state index contributed by atoms with van der Waals surface area (Å²) in [6, 6.07) is 13.9. The number of nitrogens with zero attached hydrogens (tertiary/aromatic N) is 3. The zero-order valence-corrected chi connectivity index (χ0v) is 17.6. The van der Waals surface area contributed by atoms with Gasteiger partial charge in [0.1, 0.15) is 5.82 Å². The molecule has 3 aromatic rings. The first-order chi connectivity index (χ1) is 15.1. The number of quaternary nitrogens is 1. The van der Waals surface area contributed by atoms with Gasteiger partial charge in [-0.25, -0.2) is 4.39 Å². The molecule has 0 atom stereocenters. The second-order valence-corrected chi connectivity index (χ2v) is 7.77. The van der Waals surface area contributed by atoms with Crippen LogP contribution in [-0.4, -0.2) is 53.7 Å². The van der Waals surface area contributed by atoms with Crippen molar-refractivity contribution < 1.29 is 18.5 Å². The number of aryl methyl sites for hydroxylation is 1. The van der Waals surface area contributed by atoms with Crippen molar-refractivity contribution in [2.75, 3.05) is 38.0 Å². The Kier molecular flexibility index (Phi) is 6.69. The van der Waals surface area contributed by atoms with Crippen molar-refractivity contribution in [2.45, 2.75) is 19.9 Å². The molecule has 31 heavy (non-hydrogen) atoms. The Morgan fingerprint density at radius 3 is 2.61 bits per heavy atom. The van der Waals surface area contributed by atoms with Crippen LogP contribution in [0.5, 0.6) is 0 Å². The van der Waals surface area contributed by atoms with Crippen molar-refractivity contribution in [2.24, 2.45) is 0 Å². The van der Waals surface area contributed by atoms with Crippen molar-refractivity contribution in [3.63, 3.8) is 0 Å². The molecule has 0 aliphatic carbocycles. The average molecular weight is 425 g/mol. The third kappa shape index (κ3) is 5.53. The lowest BCUT2D eigenvalue weighted by Gasteiger charge is -2.30. The van der Waals surface area contributed by atoms with E-state index in [0.29, 0.717) is 30.4 Å².